The average molecular weight is 539 g/mol. The first-order valence-corrected chi connectivity index (χ1v) is 12.4. The molecule has 0 aliphatic heterocycles. The van der Waals surface area contributed by atoms with E-state index in [1.807, 2.05) is 29.9 Å². The second-order valence-corrected chi connectivity index (χ2v) is 9.35. The van der Waals surface area contributed by atoms with Crippen LogP contribution < -0.4 is 15.5 Å². The summed E-state index contributed by atoms with van der Waals surface area (Å²) >= 11 is 6.04. The molecule has 0 unspecified atom stereocenters. The number of aromatic nitrogens is 3. The zero-order chi connectivity index (χ0) is 27.1. The lowest BCUT2D eigenvalue weighted by Gasteiger charge is -2.14. The van der Waals surface area contributed by atoms with Crippen LogP contribution in [-0.2, 0) is 7.05 Å². The normalized spacial score (nSPS) is 11.2. The quantitative estimate of drug-likeness (QED) is 0.264. The number of carbonyl (C=O) groups excluding carboxylic acids is 1. The van der Waals surface area contributed by atoms with Crippen molar-refractivity contribution in [3.05, 3.63) is 124 Å². The van der Waals surface area contributed by atoms with Gasteiger partial charge in [0.1, 0.15) is 17.0 Å². The Kier molecular flexibility index (Phi) is 6.09. The summed E-state index contributed by atoms with van der Waals surface area (Å²) in [7, 11) is 1.86. The van der Waals surface area contributed by atoms with Gasteiger partial charge in [-0.3, -0.25) is 9.59 Å². The molecule has 3 heterocycles. The molecule has 0 saturated carbocycles. The van der Waals surface area contributed by atoms with Crippen molar-refractivity contribution in [3.63, 3.8) is 0 Å². The molecule has 7 nitrogen and oxygen atoms in total. The number of para-hydroxylation sites is 1. The van der Waals surface area contributed by atoms with Crippen molar-refractivity contribution in [2.45, 2.75) is 0 Å². The van der Waals surface area contributed by atoms with Gasteiger partial charge in [-0.25, -0.2) is 9.37 Å². The minimum Gasteiger partial charge on any atom is -0.453 e. The van der Waals surface area contributed by atoms with Crippen molar-refractivity contribution in [3.8, 4) is 17.2 Å². The molecule has 39 heavy (non-hydrogen) atoms. The lowest BCUT2D eigenvalue weighted by Crippen LogP contribution is -2.23. The van der Waals surface area contributed by atoms with Crippen LogP contribution in [0.1, 0.15) is 10.4 Å². The van der Waals surface area contributed by atoms with E-state index in [0.29, 0.717) is 27.3 Å². The van der Waals surface area contributed by atoms with Gasteiger partial charge in [-0.1, -0.05) is 23.7 Å². The van der Waals surface area contributed by atoms with E-state index >= 15 is 4.39 Å². The predicted molar refractivity (Wildman–Crippen MR) is 150 cm³/mol. The van der Waals surface area contributed by atoms with E-state index < -0.39 is 17.2 Å². The highest BCUT2D eigenvalue weighted by atomic mass is 35.5. The number of rotatable bonds is 5. The number of halogens is 2. The third kappa shape index (κ3) is 4.51. The molecule has 6 rings (SSSR count). The molecule has 0 radical (unpaired) electrons. The predicted octanol–water partition coefficient (Wildman–Crippen LogP) is 6.71. The SMILES string of the molecule is Cn1ccc2c(Oc3ccc(NC(=O)c4cn(-c5ccc(Cl)cc5)c5ccccc5c4=O)cc3F)ccnc21. The van der Waals surface area contributed by atoms with Gasteiger partial charge in [0.15, 0.2) is 11.6 Å². The molecule has 1 amide bonds. The van der Waals surface area contributed by atoms with Gasteiger partial charge < -0.3 is 19.2 Å². The summed E-state index contributed by atoms with van der Waals surface area (Å²) in [6.07, 6.45) is 4.91. The van der Waals surface area contributed by atoms with E-state index in [1.54, 1.807) is 59.3 Å². The maximum atomic E-state index is 15.0. The number of fused-ring (bicyclic) bond motifs is 2. The summed E-state index contributed by atoms with van der Waals surface area (Å²) in [5.41, 5.74) is 1.72. The Morgan fingerprint density at radius 1 is 0.974 bits per heavy atom. The highest BCUT2D eigenvalue weighted by Gasteiger charge is 2.18. The van der Waals surface area contributed by atoms with E-state index in [2.05, 4.69) is 10.3 Å². The molecule has 0 bridgehead atoms. The first kappa shape index (κ1) is 24.4. The number of aryl methyl sites for hydroxylation is 1. The number of anilines is 1. The minimum atomic E-state index is -0.675. The van der Waals surface area contributed by atoms with Gasteiger partial charge in [-0.05, 0) is 60.7 Å². The highest BCUT2D eigenvalue weighted by molar-refractivity contribution is 6.30. The number of nitrogens with zero attached hydrogens (tertiary/aromatic N) is 3. The monoisotopic (exact) mass is 538 g/mol. The van der Waals surface area contributed by atoms with Gasteiger partial charge in [0.2, 0.25) is 5.43 Å². The number of pyridine rings is 2. The van der Waals surface area contributed by atoms with E-state index in [-0.39, 0.29) is 17.0 Å². The van der Waals surface area contributed by atoms with Crippen LogP contribution in [-0.4, -0.2) is 20.0 Å². The summed E-state index contributed by atoms with van der Waals surface area (Å²) < 4.78 is 24.4. The number of amides is 1. The van der Waals surface area contributed by atoms with Crippen LogP contribution in [0.2, 0.25) is 5.02 Å². The maximum absolute atomic E-state index is 15.0. The second-order valence-electron chi connectivity index (χ2n) is 8.91. The summed E-state index contributed by atoms with van der Waals surface area (Å²) in [6.45, 7) is 0. The zero-order valence-electron chi connectivity index (χ0n) is 20.6. The Labute approximate surface area is 226 Å². The lowest BCUT2D eigenvalue weighted by molar-refractivity contribution is 0.102. The van der Waals surface area contributed by atoms with Crippen molar-refractivity contribution >= 4 is 45.1 Å². The summed E-state index contributed by atoms with van der Waals surface area (Å²) in [5, 5.41) is 4.31. The van der Waals surface area contributed by atoms with Crippen LogP contribution in [0.3, 0.4) is 0 Å². The Hall–Kier alpha value is -4.95. The number of hydrogen-bond acceptors (Lipinski definition) is 4. The van der Waals surface area contributed by atoms with Gasteiger partial charge in [0.25, 0.3) is 5.91 Å². The molecule has 192 valence electrons. The van der Waals surface area contributed by atoms with Gasteiger partial charge in [-0.2, -0.15) is 0 Å². The van der Waals surface area contributed by atoms with Crippen LogP contribution in [0.4, 0.5) is 10.1 Å². The van der Waals surface area contributed by atoms with Crippen LogP contribution in [0.5, 0.6) is 11.5 Å². The molecular weight excluding hydrogens is 519 g/mol. The van der Waals surface area contributed by atoms with Crippen LogP contribution in [0.25, 0.3) is 27.6 Å². The Morgan fingerprint density at radius 2 is 1.77 bits per heavy atom. The van der Waals surface area contributed by atoms with Crippen molar-refractivity contribution in [2.24, 2.45) is 7.05 Å². The number of nitrogens with one attached hydrogen (secondary N) is 1. The average Bonchev–Trinajstić information content (AvgIpc) is 3.32. The largest absolute Gasteiger partial charge is 0.453 e. The van der Waals surface area contributed by atoms with Gasteiger partial charge >= 0.3 is 0 Å². The van der Waals surface area contributed by atoms with Crippen molar-refractivity contribution < 1.29 is 13.9 Å². The molecule has 0 aliphatic rings. The van der Waals surface area contributed by atoms with Crippen LogP contribution in [0.15, 0.2) is 102 Å². The molecule has 0 atom stereocenters. The first-order chi connectivity index (χ1) is 18.9. The number of hydrogen-bond donors (Lipinski definition) is 1. The molecule has 0 aliphatic carbocycles. The van der Waals surface area contributed by atoms with Crippen molar-refractivity contribution in [1.82, 2.24) is 14.1 Å². The molecule has 3 aromatic heterocycles. The smallest absolute Gasteiger partial charge is 0.261 e. The van der Waals surface area contributed by atoms with Gasteiger partial charge in [0, 0.05) is 53.5 Å². The molecule has 0 fully saturated rings. The third-order valence-corrected chi connectivity index (χ3v) is 6.65. The molecule has 9 heteroatoms. The molecule has 6 aromatic rings. The number of ether oxygens (including phenoxy) is 1. The first-order valence-electron chi connectivity index (χ1n) is 12.0. The van der Waals surface area contributed by atoms with Crippen LogP contribution in [0, 0.1) is 5.82 Å². The Bertz CT molecular complexity index is 1950. The van der Waals surface area contributed by atoms with Gasteiger partial charge in [0.05, 0.1) is 10.9 Å². The summed E-state index contributed by atoms with van der Waals surface area (Å²) in [4.78, 5) is 30.8. The second kappa shape index (κ2) is 9.74. The Balaban J connectivity index is 1.31. The number of carbonyl (C=O) groups is 1. The molecule has 0 saturated heterocycles. The van der Waals surface area contributed by atoms with Crippen molar-refractivity contribution in [2.75, 3.05) is 5.32 Å². The van der Waals surface area contributed by atoms with E-state index in [0.717, 1.165) is 17.1 Å². The Morgan fingerprint density at radius 3 is 2.56 bits per heavy atom. The summed E-state index contributed by atoms with van der Waals surface area (Å²) in [5.74, 6) is -0.900. The molecule has 1 N–H and O–H groups in total. The van der Waals surface area contributed by atoms with Crippen molar-refractivity contribution in [1.29, 1.82) is 0 Å². The molecule has 3 aromatic carbocycles. The third-order valence-electron chi connectivity index (χ3n) is 6.40. The standard InChI is InChI=1S/C30H20ClFN4O3/c1-35-15-13-22-26(12-14-33-29(22)35)39-27-11-8-19(16-24(27)32)34-30(38)23-17-36(20-9-6-18(31)7-10-20)25-5-3-2-4-21(25)28(23)37/h2-17H,1H3,(H,34,38). The lowest BCUT2D eigenvalue weighted by atomic mass is 10.1. The highest BCUT2D eigenvalue weighted by Crippen LogP contribution is 2.32. The molecule has 0 spiro atoms. The number of benzene rings is 3. The van der Waals surface area contributed by atoms with E-state index in [1.165, 1.54) is 18.3 Å². The fourth-order valence-electron chi connectivity index (χ4n) is 4.46. The summed E-state index contributed by atoms with van der Waals surface area (Å²) in [6, 6.07) is 21.6. The topological polar surface area (TPSA) is 78.1 Å². The fourth-order valence-corrected chi connectivity index (χ4v) is 4.59. The fraction of sp³-hybridized carbons (Fsp3) is 0.0333. The zero-order valence-corrected chi connectivity index (χ0v) is 21.3. The molecular formula is C30H20ClFN4O3. The maximum Gasteiger partial charge on any atom is 0.261 e. The van der Waals surface area contributed by atoms with E-state index in [9.17, 15) is 9.59 Å². The van der Waals surface area contributed by atoms with E-state index in [4.69, 9.17) is 16.3 Å². The van der Waals surface area contributed by atoms with Crippen LogP contribution >= 0.6 is 11.6 Å². The van der Waals surface area contributed by atoms with Gasteiger partial charge in [-0.15, -0.1) is 0 Å². The minimum absolute atomic E-state index is 0.0137.